The van der Waals surface area contributed by atoms with Crippen LogP contribution in [0.2, 0.25) is 0 Å². The van der Waals surface area contributed by atoms with Gasteiger partial charge in [0.1, 0.15) is 11.4 Å². The number of benzene rings is 1. The number of carbonyl (C=O) groups is 1. The first-order valence-electron chi connectivity index (χ1n) is 7.87. The number of amides is 1. The molecule has 23 heavy (non-hydrogen) atoms. The molecule has 0 N–H and O–H groups in total. The SMILES string of the molecule is C=C(OC(C)(C)C)N1CCN(C(=O)c2ccccc2OC)CC1. The van der Waals surface area contributed by atoms with Gasteiger partial charge in [-0.25, -0.2) is 0 Å². The van der Waals surface area contributed by atoms with Gasteiger partial charge in [-0.1, -0.05) is 12.1 Å². The average Bonchev–Trinajstić information content (AvgIpc) is 2.52. The fourth-order valence-electron chi connectivity index (χ4n) is 2.57. The lowest BCUT2D eigenvalue weighted by molar-refractivity contribution is -0.00871. The molecule has 1 aliphatic heterocycles. The van der Waals surface area contributed by atoms with Crippen LogP contribution in [0.15, 0.2) is 36.7 Å². The van der Waals surface area contributed by atoms with E-state index in [9.17, 15) is 4.79 Å². The zero-order valence-electron chi connectivity index (χ0n) is 14.5. The van der Waals surface area contributed by atoms with Gasteiger partial charge in [-0.05, 0) is 39.5 Å². The fourth-order valence-corrected chi connectivity index (χ4v) is 2.57. The third kappa shape index (κ3) is 4.41. The topological polar surface area (TPSA) is 42.0 Å². The number of piperazine rings is 1. The van der Waals surface area contributed by atoms with Crippen molar-refractivity contribution >= 4 is 5.91 Å². The molecule has 0 bridgehead atoms. The third-order valence-electron chi connectivity index (χ3n) is 3.68. The van der Waals surface area contributed by atoms with E-state index in [-0.39, 0.29) is 11.5 Å². The lowest BCUT2D eigenvalue weighted by Gasteiger charge is -2.38. The van der Waals surface area contributed by atoms with E-state index in [1.165, 1.54) is 0 Å². The Morgan fingerprint density at radius 2 is 1.65 bits per heavy atom. The molecule has 0 radical (unpaired) electrons. The Morgan fingerprint density at radius 1 is 1.09 bits per heavy atom. The van der Waals surface area contributed by atoms with Crippen molar-refractivity contribution in [2.24, 2.45) is 0 Å². The molecule has 0 aliphatic carbocycles. The maximum atomic E-state index is 12.7. The molecule has 0 spiro atoms. The molecule has 0 aromatic heterocycles. The first-order chi connectivity index (χ1) is 10.8. The summed E-state index contributed by atoms with van der Waals surface area (Å²) in [6, 6.07) is 7.32. The third-order valence-corrected chi connectivity index (χ3v) is 3.68. The molecular formula is C18H26N2O3. The van der Waals surface area contributed by atoms with Gasteiger partial charge < -0.3 is 19.3 Å². The molecule has 1 aliphatic rings. The van der Waals surface area contributed by atoms with E-state index < -0.39 is 0 Å². The summed E-state index contributed by atoms with van der Waals surface area (Å²) in [5.41, 5.74) is 0.342. The lowest BCUT2D eigenvalue weighted by atomic mass is 10.1. The van der Waals surface area contributed by atoms with Crippen LogP contribution in [0.1, 0.15) is 31.1 Å². The zero-order valence-corrected chi connectivity index (χ0v) is 14.5. The van der Waals surface area contributed by atoms with Crippen molar-refractivity contribution in [2.45, 2.75) is 26.4 Å². The van der Waals surface area contributed by atoms with Crippen LogP contribution in [0.25, 0.3) is 0 Å². The molecule has 1 aromatic rings. The number of rotatable bonds is 4. The number of hydrogen-bond acceptors (Lipinski definition) is 4. The van der Waals surface area contributed by atoms with E-state index in [2.05, 4.69) is 11.5 Å². The first kappa shape index (κ1) is 17.2. The zero-order chi connectivity index (χ0) is 17.0. The summed E-state index contributed by atoms with van der Waals surface area (Å²) in [6.45, 7) is 12.7. The van der Waals surface area contributed by atoms with Crippen LogP contribution in [0, 0.1) is 0 Å². The lowest BCUT2D eigenvalue weighted by Crippen LogP contribution is -2.49. The van der Waals surface area contributed by atoms with Crippen molar-refractivity contribution < 1.29 is 14.3 Å². The highest BCUT2D eigenvalue weighted by Crippen LogP contribution is 2.21. The van der Waals surface area contributed by atoms with E-state index in [4.69, 9.17) is 9.47 Å². The van der Waals surface area contributed by atoms with E-state index in [0.29, 0.717) is 30.3 Å². The fraction of sp³-hybridized carbons (Fsp3) is 0.500. The van der Waals surface area contributed by atoms with Crippen molar-refractivity contribution in [3.8, 4) is 5.75 Å². The normalized spacial score (nSPS) is 15.3. The van der Waals surface area contributed by atoms with Crippen LogP contribution in [-0.4, -0.2) is 54.6 Å². The van der Waals surface area contributed by atoms with Gasteiger partial charge >= 0.3 is 0 Å². The number of hydrogen-bond donors (Lipinski definition) is 0. The highest BCUT2D eigenvalue weighted by Gasteiger charge is 2.26. The summed E-state index contributed by atoms with van der Waals surface area (Å²) < 4.78 is 11.1. The van der Waals surface area contributed by atoms with Crippen LogP contribution in [0.4, 0.5) is 0 Å². The molecule has 1 amide bonds. The van der Waals surface area contributed by atoms with Gasteiger partial charge in [0.05, 0.1) is 12.7 Å². The summed E-state index contributed by atoms with van der Waals surface area (Å²) in [7, 11) is 1.58. The number of nitrogens with zero attached hydrogens (tertiary/aromatic N) is 2. The quantitative estimate of drug-likeness (QED) is 0.801. The molecular weight excluding hydrogens is 292 g/mol. The summed E-state index contributed by atoms with van der Waals surface area (Å²) in [5.74, 6) is 1.28. The van der Waals surface area contributed by atoms with E-state index >= 15 is 0 Å². The molecule has 5 nitrogen and oxygen atoms in total. The minimum Gasteiger partial charge on any atom is -0.496 e. The van der Waals surface area contributed by atoms with Crippen LogP contribution >= 0.6 is 0 Å². The van der Waals surface area contributed by atoms with Crippen LogP contribution in [-0.2, 0) is 4.74 Å². The Morgan fingerprint density at radius 3 is 2.22 bits per heavy atom. The summed E-state index contributed by atoms with van der Waals surface area (Å²) in [6.07, 6.45) is 0. The summed E-state index contributed by atoms with van der Waals surface area (Å²) >= 11 is 0. The van der Waals surface area contributed by atoms with Gasteiger partial charge in [0, 0.05) is 26.2 Å². The maximum absolute atomic E-state index is 12.7. The van der Waals surface area contributed by atoms with Gasteiger partial charge in [0.25, 0.3) is 5.91 Å². The number of methoxy groups -OCH3 is 1. The maximum Gasteiger partial charge on any atom is 0.257 e. The predicted molar refractivity (Wildman–Crippen MR) is 90.4 cm³/mol. The molecule has 1 heterocycles. The van der Waals surface area contributed by atoms with E-state index in [1.54, 1.807) is 13.2 Å². The van der Waals surface area contributed by atoms with Gasteiger partial charge in [-0.3, -0.25) is 4.79 Å². The van der Waals surface area contributed by atoms with Gasteiger partial charge in [0.15, 0.2) is 5.88 Å². The first-order valence-corrected chi connectivity index (χ1v) is 7.87. The molecule has 1 saturated heterocycles. The van der Waals surface area contributed by atoms with Crippen molar-refractivity contribution in [3.63, 3.8) is 0 Å². The van der Waals surface area contributed by atoms with Gasteiger partial charge in [-0.2, -0.15) is 0 Å². The van der Waals surface area contributed by atoms with Crippen molar-refractivity contribution in [3.05, 3.63) is 42.3 Å². The number of carbonyl (C=O) groups excluding carboxylic acids is 1. The second kappa shape index (κ2) is 6.94. The molecule has 126 valence electrons. The monoisotopic (exact) mass is 318 g/mol. The number of ether oxygens (including phenoxy) is 2. The minimum absolute atomic E-state index is 0.00412. The van der Waals surface area contributed by atoms with Crippen LogP contribution in [0.3, 0.4) is 0 Å². The Balaban J connectivity index is 1.96. The highest BCUT2D eigenvalue weighted by molar-refractivity contribution is 5.97. The van der Waals surface area contributed by atoms with Crippen molar-refractivity contribution in [1.82, 2.24) is 9.80 Å². The standard InChI is InChI=1S/C18H26N2O3/c1-14(23-18(2,3)4)19-10-12-20(13-11-19)17(21)15-8-6-7-9-16(15)22-5/h6-9H,1,10-13H2,2-5H3. The average molecular weight is 318 g/mol. The van der Waals surface area contributed by atoms with E-state index in [1.807, 2.05) is 43.9 Å². The Hall–Kier alpha value is -2.17. The summed E-state index contributed by atoms with van der Waals surface area (Å²) in [5, 5.41) is 0. The number of para-hydroxylation sites is 1. The molecule has 5 heteroatoms. The Kier molecular flexibility index (Phi) is 5.19. The summed E-state index contributed by atoms with van der Waals surface area (Å²) in [4.78, 5) is 16.6. The Labute approximate surface area is 138 Å². The smallest absolute Gasteiger partial charge is 0.257 e. The van der Waals surface area contributed by atoms with Crippen LogP contribution in [0.5, 0.6) is 5.75 Å². The molecule has 0 unspecified atom stereocenters. The van der Waals surface area contributed by atoms with Gasteiger partial charge in [0.2, 0.25) is 0 Å². The second-order valence-electron chi connectivity index (χ2n) is 6.59. The highest BCUT2D eigenvalue weighted by atomic mass is 16.5. The van der Waals surface area contributed by atoms with Crippen LogP contribution < -0.4 is 4.74 Å². The predicted octanol–water partition coefficient (Wildman–Crippen LogP) is 2.74. The van der Waals surface area contributed by atoms with Crippen molar-refractivity contribution in [1.29, 1.82) is 0 Å². The largest absolute Gasteiger partial charge is 0.496 e. The Bertz CT molecular complexity index is 570. The molecule has 1 aromatic carbocycles. The second-order valence-corrected chi connectivity index (χ2v) is 6.59. The minimum atomic E-state index is -0.262. The van der Waals surface area contributed by atoms with E-state index in [0.717, 1.165) is 13.1 Å². The van der Waals surface area contributed by atoms with Crippen molar-refractivity contribution in [2.75, 3.05) is 33.3 Å². The molecule has 2 rings (SSSR count). The van der Waals surface area contributed by atoms with Gasteiger partial charge in [-0.15, -0.1) is 0 Å². The molecule has 0 atom stereocenters. The molecule has 1 fully saturated rings. The molecule has 0 saturated carbocycles.